The van der Waals surface area contributed by atoms with Crippen molar-refractivity contribution >= 4 is 25.8 Å². The van der Waals surface area contributed by atoms with E-state index in [-0.39, 0.29) is 41.1 Å². The number of sulfonamides is 1. The Morgan fingerprint density at radius 1 is 1.00 bits per heavy atom. The lowest BCUT2D eigenvalue weighted by Gasteiger charge is -2.42. The van der Waals surface area contributed by atoms with Gasteiger partial charge in [0.05, 0.1) is 19.2 Å². The predicted octanol–water partition coefficient (Wildman–Crippen LogP) is 4.66. The van der Waals surface area contributed by atoms with Crippen LogP contribution in [-0.4, -0.2) is 63.4 Å². The Hall–Kier alpha value is -3.54. The van der Waals surface area contributed by atoms with Gasteiger partial charge < -0.3 is 13.8 Å². The van der Waals surface area contributed by atoms with Crippen LogP contribution in [0.2, 0.25) is 0 Å². The standard InChI is InChI=1S/C23H20F7N3O6S2/c1-13-17-12-33(40(34,35)22(25,26)27)20(39-41(36,37)23(28,29)30)9-15(17)5-8-32(13)16-10-18(24)21(19(11-16)38-2)14-3-6-31-7-4-14/h3-4,6-7,9-11,13H,5,8,12H2,1-2H3. The van der Waals surface area contributed by atoms with Crippen molar-refractivity contribution in [2.45, 2.75) is 30.4 Å². The molecule has 0 saturated heterocycles. The molecule has 4 rings (SSSR count). The molecule has 2 aliphatic heterocycles. The lowest BCUT2D eigenvalue weighted by molar-refractivity contribution is -0.0547. The van der Waals surface area contributed by atoms with Crippen molar-refractivity contribution in [2.75, 3.05) is 25.1 Å². The number of hydrogen-bond acceptors (Lipinski definition) is 8. The zero-order valence-corrected chi connectivity index (χ0v) is 22.6. The Morgan fingerprint density at radius 2 is 1.63 bits per heavy atom. The van der Waals surface area contributed by atoms with Crippen LogP contribution in [-0.2, 0) is 24.3 Å². The molecule has 1 atom stereocenters. The quantitative estimate of drug-likeness (QED) is 0.258. The molecule has 0 amide bonds. The number of benzene rings is 1. The topological polar surface area (TPSA) is 106 Å². The lowest BCUT2D eigenvalue weighted by atomic mass is 9.91. The van der Waals surface area contributed by atoms with Crippen LogP contribution in [0.5, 0.6) is 5.75 Å². The highest BCUT2D eigenvalue weighted by Gasteiger charge is 2.55. The van der Waals surface area contributed by atoms with E-state index >= 15 is 4.39 Å². The zero-order chi connectivity index (χ0) is 30.5. The van der Waals surface area contributed by atoms with Crippen LogP contribution >= 0.6 is 0 Å². The first-order valence-electron chi connectivity index (χ1n) is 11.5. The largest absolute Gasteiger partial charge is 0.534 e. The summed E-state index contributed by atoms with van der Waals surface area (Å²) in [7, 11) is -11.6. The highest BCUT2D eigenvalue weighted by Crippen LogP contribution is 2.42. The molecule has 0 fully saturated rings. The average molecular weight is 632 g/mol. The molecule has 3 heterocycles. The van der Waals surface area contributed by atoms with E-state index in [0.717, 1.165) is 6.07 Å². The number of halogens is 7. The molecule has 0 N–H and O–H groups in total. The summed E-state index contributed by atoms with van der Waals surface area (Å²) in [5.41, 5.74) is -11.2. The van der Waals surface area contributed by atoms with E-state index in [1.807, 2.05) is 0 Å². The monoisotopic (exact) mass is 631 g/mol. The van der Waals surface area contributed by atoms with Crippen LogP contribution in [0.1, 0.15) is 13.3 Å². The van der Waals surface area contributed by atoms with Gasteiger partial charge in [0.1, 0.15) is 11.6 Å². The average Bonchev–Trinajstić information content (AvgIpc) is 2.87. The summed E-state index contributed by atoms with van der Waals surface area (Å²) in [6.45, 7) is 0.321. The number of alkyl halides is 6. The van der Waals surface area contributed by atoms with E-state index in [2.05, 4.69) is 9.17 Å². The molecule has 1 aromatic carbocycles. The molecule has 0 spiro atoms. The number of methoxy groups -OCH3 is 1. The second-order valence-electron chi connectivity index (χ2n) is 8.83. The van der Waals surface area contributed by atoms with Crippen LogP contribution < -0.4 is 9.64 Å². The van der Waals surface area contributed by atoms with Gasteiger partial charge in [0, 0.05) is 42.8 Å². The van der Waals surface area contributed by atoms with Gasteiger partial charge in [-0.05, 0) is 48.3 Å². The summed E-state index contributed by atoms with van der Waals surface area (Å²) in [6.07, 6.45) is 3.32. The highest BCUT2D eigenvalue weighted by atomic mass is 32.2. The fraction of sp³-hybridized carbons (Fsp3) is 0.348. The number of rotatable bonds is 6. The third kappa shape index (κ3) is 5.53. The van der Waals surface area contributed by atoms with Crippen molar-refractivity contribution in [1.29, 1.82) is 0 Å². The Bertz CT molecular complexity index is 1620. The van der Waals surface area contributed by atoms with Gasteiger partial charge in [0.15, 0.2) is 0 Å². The molecule has 0 radical (unpaired) electrons. The van der Waals surface area contributed by atoms with Crippen molar-refractivity contribution < 1.29 is 56.5 Å². The van der Waals surface area contributed by atoms with Gasteiger partial charge in [0.25, 0.3) is 0 Å². The summed E-state index contributed by atoms with van der Waals surface area (Å²) in [4.78, 5) is 5.41. The number of pyridine rings is 1. The number of hydrogen-bond donors (Lipinski definition) is 0. The van der Waals surface area contributed by atoms with Gasteiger partial charge in [-0.1, -0.05) is 0 Å². The first-order valence-corrected chi connectivity index (χ1v) is 14.3. The molecule has 1 unspecified atom stereocenters. The Morgan fingerprint density at radius 3 is 2.20 bits per heavy atom. The molecular formula is C23H20F7N3O6S2. The molecular weight excluding hydrogens is 611 g/mol. The summed E-state index contributed by atoms with van der Waals surface area (Å²) in [6, 6.07) is 4.79. The second kappa shape index (κ2) is 10.4. The maximum absolute atomic E-state index is 15.3. The normalized spacial score (nSPS) is 18.7. The molecule has 0 saturated carbocycles. The van der Waals surface area contributed by atoms with Gasteiger partial charge in [-0.25, -0.2) is 8.70 Å². The molecule has 2 aromatic rings. The van der Waals surface area contributed by atoms with Crippen LogP contribution in [0.4, 0.5) is 36.4 Å². The van der Waals surface area contributed by atoms with Gasteiger partial charge in [-0.2, -0.15) is 43.2 Å². The van der Waals surface area contributed by atoms with Crippen LogP contribution in [0.25, 0.3) is 11.1 Å². The number of nitrogens with zero attached hydrogens (tertiary/aromatic N) is 3. The molecule has 1 aromatic heterocycles. The van der Waals surface area contributed by atoms with Crippen LogP contribution in [0.3, 0.4) is 0 Å². The second-order valence-corrected chi connectivity index (χ2v) is 12.2. The minimum atomic E-state index is -6.51. The first kappa shape index (κ1) is 30.4. The summed E-state index contributed by atoms with van der Waals surface area (Å²) >= 11 is 0. The molecule has 0 bridgehead atoms. The van der Waals surface area contributed by atoms with Crippen LogP contribution in [0.15, 0.2) is 59.8 Å². The Labute approximate surface area is 229 Å². The van der Waals surface area contributed by atoms with E-state index < -0.39 is 59.8 Å². The number of anilines is 1. The van der Waals surface area contributed by atoms with Crippen molar-refractivity contribution in [2.24, 2.45) is 0 Å². The lowest BCUT2D eigenvalue weighted by Crippen LogP contribution is -2.49. The van der Waals surface area contributed by atoms with E-state index in [9.17, 15) is 43.2 Å². The van der Waals surface area contributed by atoms with E-state index in [4.69, 9.17) is 4.74 Å². The van der Waals surface area contributed by atoms with Crippen LogP contribution in [0, 0.1) is 5.82 Å². The molecule has 0 aliphatic carbocycles. The van der Waals surface area contributed by atoms with Crippen molar-refractivity contribution in [3.63, 3.8) is 0 Å². The first-order chi connectivity index (χ1) is 18.9. The minimum absolute atomic E-state index is 0.00147. The van der Waals surface area contributed by atoms with Gasteiger partial charge in [0.2, 0.25) is 5.88 Å². The minimum Gasteiger partial charge on any atom is -0.496 e. The van der Waals surface area contributed by atoms with Crippen molar-refractivity contribution in [3.8, 4) is 16.9 Å². The molecule has 18 heteroatoms. The van der Waals surface area contributed by atoms with Crippen molar-refractivity contribution in [1.82, 2.24) is 9.29 Å². The summed E-state index contributed by atoms with van der Waals surface area (Å²) in [5.74, 6) is -2.28. The number of ether oxygens (including phenoxy) is 1. The number of allylic oxidation sites excluding steroid dienone is 1. The molecule has 41 heavy (non-hydrogen) atoms. The summed E-state index contributed by atoms with van der Waals surface area (Å²) < 4.78 is 151. The molecule has 2 aliphatic rings. The number of aromatic nitrogens is 1. The third-order valence-electron chi connectivity index (χ3n) is 6.48. The predicted molar refractivity (Wildman–Crippen MR) is 130 cm³/mol. The smallest absolute Gasteiger partial charge is 0.496 e. The van der Waals surface area contributed by atoms with Gasteiger partial charge >= 0.3 is 31.2 Å². The fourth-order valence-corrected chi connectivity index (χ4v) is 5.89. The van der Waals surface area contributed by atoms with Crippen molar-refractivity contribution in [3.05, 3.63) is 65.6 Å². The van der Waals surface area contributed by atoms with Gasteiger partial charge in [-0.15, -0.1) is 0 Å². The van der Waals surface area contributed by atoms with Gasteiger partial charge in [-0.3, -0.25) is 4.98 Å². The highest BCUT2D eigenvalue weighted by molar-refractivity contribution is 7.90. The summed E-state index contributed by atoms with van der Waals surface area (Å²) in [5, 5.41) is 0. The SMILES string of the molecule is COc1cc(N2CCC3=C(CN(S(=O)(=O)C(F)(F)F)C(OS(=O)(=O)C(F)(F)F)=C3)C2C)cc(F)c1-c1ccncc1. The third-order valence-corrected chi connectivity index (χ3v) is 8.92. The van der Waals surface area contributed by atoms with E-state index in [1.54, 1.807) is 12.1 Å². The van der Waals surface area contributed by atoms with E-state index in [1.165, 1.54) is 37.4 Å². The fourth-order valence-electron chi connectivity index (χ4n) is 4.50. The maximum Gasteiger partial charge on any atom is 0.534 e. The molecule has 224 valence electrons. The Balaban J connectivity index is 1.77. The maximum atomic E-state index is 15.3. The van der Waals surface area contributed by atoms with E-state index in [0.29, 0.717) is 11.6 Å². The molecule has 9 nitrogen and oxygen atoms in total. The Kier molecular flexibility index (Phi) is 7.70. The zero-order valence-electron chi connectivity index (χ0n) is 21.0.